The summed E-state index contributed by atoms with van der Waals surface area (Å²) < 4.78 is 31.1. The smallest absolute Gasteiger partial charge is 0.276 e. The molecule has 106 valence electrons. The van der Waals surface area contributed by atoms with Crippen LogP contribution < -0.4 is 0 Å². The van der Waals surface area contributed by atoms with Crippen LogP contribution in [0.4, 0.5) is 0 Å². The van der Waals surface area contributed by atoms with Crippen molar-refractivity contribution >= 4 is 16.3 Å². The summed E-state index contributed by atoms with van der Waals surface area (Å²) in [7, 11) is -3.75. The van der Waals surface area contributed by atoms with Gasteiger partial charge in [-0.3, -0.25) is 9.78 Å². The molecule has 0 N–H and O–H groups in total. The van der Waals surface area contributed by atoms with Crippen molar-refractivity contribution in [3.05, 3.63) is 48.0 Å². The topological polar surface area (TPSA) is 80.5 Å². The van der Waals surface area contributed by atoms with Crippen LogP contribution in [0.1, 0.15) is 23.0 Å². The molecule has 2 aromatic rings. The third kappa shape index (κ3) is 2.94. The highest BCUT2D eigenvalue weighted by Gasteiger charge is 2.26. The maximum Gasteiger partial charge on any atom is 0.276 e. The summed E-state index contributed by atoms with van der Waals surface area (Å²) in [6.45, 7) is 2.25. The summed E-state index contributed by atoms with van der Waals surface area (Å²) in [5, 5.41) is -0.226. The van der Waals surface area contributed by atoms with E-state index in [0.717, 1.165) is 5.56 Å². The molecular weight excluding hydrogens is 280 g/mol. The Labute approximate surface area is 117 Å². The Kier molecular flexibility index (Phi) is 4.31. The molecule has 2 aromatic heterocycles. The van der Waals surface area contributed by atoms with Crippen LogP contribution in [-0.4, -0.2) is 30.5 Å². The van der Waals surface area contributed by atoms with E-state index >= 15 is 0 Å². The first-order chi connectivity index (χ1) is 9.57. The molecule has 0 unspecified atom stereocenters. The number of carbonyl (C=O) groups is 1. The van der Waals surface area contributed by atoms with Crippen LogP contribution >= 0.6 is 0 Å². The number of pyridine rings is 1. The maximum atomic E-state index is 12.4. The lowest BCUT2D eigenvalue weighted by molar-refractivity contribution is 0.109. The molecule has 0 radical (unpaired) electrons. The third-order valence-electron chi connectivity index (χ3n) is 2.77. The summed E-state index contributed by atoms with van der Waals surface area (Å²) in [5.41, 5.74) is 0.826. The van der Waals surface area contributed by atoms with E-state index in [1.54, 1.807) is 31.5 Å². The zero-order valence-electron chi connectivity index (χ0n) is 10.9. The van der Waals surface area contributed by atoms with Gasteiger partial charge in [0, 0.05) is 25.5 Å². The van der Waals surface area contributed by atoms with E-state index in [1.807, 2.05) is 0 Å². The summed E-state index contributed by atoms with van der Waals surface area (Å²) in [6, 6.07) is 6.11. The molecule has 0 fully saturated rings. The van der Waals surface area contributed by atoms with Crippen LogP contribution in [0.15, 0.2) is 46.2 Å². The zero-order chi connectivity index (χ0) is 14.6. The van der Waals surface area contributed by atoms with Gasteiger partial charge in [0.2, 0.25) is 5.09 Å². The molecular formula is C13H14N2O4S. The molecule has 6 nitrogen and oxygen atoms in total. The molecule has 0 amide bonds. The van der Waals surface area contributed by atoms with E-state index in [-0.39, 0.29) is 17.4 Å². The van der Waals surface area contributed by atoms with Crippen molar-refractivity contribution in [3.63, 3.8) is 0 Å². The molecule has 0 bridgehead atoms. The number of carbonyl (C=O) groups excluding carboxylic acids is 1. The van der Waals surface area contributed by atoms with Crippen molar-refractivity contribution in [2.24, 2.45) is 0 Å². The van der Waals surface area contributed by atoms with Gasteiger partial charge in [0.05, 0.1) is 0 Å². The van der Waals surface area contributed by atoms with Crippen LogP contribution in [0.3, 0.4) is 0 Å². The summed E-state index contributed by atoms with van der Waals surface area (Å²) >= 11 is 0. The molecule has 0 saturated heterocycles. The minimum absolute atomic E-state index is 0.0106. The van der Waals surface area contributed by atoms with Crippen LogP contribution in [0.25, 0.3) is 0 Å². The van der Waals surface area contributed by atoms with Crippen molar-refractivity contribution in [1.29, 1.82) is 0 Å². The number of furan rings is 1. The van der Waals surface area contributed by atoms with E-state index in [0.29, 0.717) is 12.8 Å². The zero-order valence-corrected chi connectivity index (χ0v) is 11.7. The predicted molar refractivity (Wildman–Crippen MR) is 71.6 cm³/mol. The summed E-state index contributed by atoms with van der Waals surface area (Å²) in [6.07, 6.45) is 3.68. The van der Waals surface area contributed by atoms with E-state index in [9.17, 15) is 13.2 Å². The van der Waals surface area contributed by atoms with Gasteiger partial charge in [0.15, 0.2) is 12.0 Å². The molecule has 20 heavy (non-hydrogen) atoms. The molecule has 0 aliphatic rings. The van der Waals surface area contributed by atoms with Gasteiger partial charge in [-0.1, -0.05) is 6.92 Å². The fourth-order valence-corrected chi connectivity index (χ4v) is 3.08. The second-order valence-corrected chi connectivity index (χ2v) is 5.93. The predicted octanol–water partition coefficient (Wildman–Crippen LogP) is 1.70. The number of nitrogens with zero attached hydrogens (tertiary/aromatic N) is 2. The number of hydrogen-bond acceptors (Lipinski definition) is 5. The van der Waals surface area contributed by atoms with Gasteiger partial charge < -0.3 is 4.42 Å². The highest BCUT2D eigenvalue weighted by molar-refractivity contribution is 7.89. The molecule has 0 aliphatic heterocycles. The first kappa shape index (κ1) is 14.4. The number of aromatic nitrogens is 1. The normalized spacial score (nSPS) is 11.7. The molecule has 2 rings (SSSR count). The van der Waals surface area contributed by atoms with Gasteiger partial charge in [-0.25, -0.2) is 8.42 Å². The van der Waals surface area contributed by atoms with E-state index < -0.39 is 10.0 Å². The Morgan fingerprint density at radius 3 is 2.50 bits per heavy atom. The minimum Gasteiger partial charge on any atom is -0.440 e. The first-order valence-electron chi connectivity index (χ1n) is 6.02. The van der Waals surface area contributed by atoms with Crippen LogP contribution in [0.5, 0.6) is 0 Å². The fraction of sp³-hybridized carbons (Fsp3) is 0.231. The second kappa shape index (κ2) is 5.98. The molecule has 7 heteroatoms. The van der Waals surface area contributed by atoms with E-state index in [4.69, 9.17) is 4.42 Å². The third-order valence-corrected chi connectivity index (χ3v) is 4.57. The van der Waals surface area contributed by atoms with Crippen molar-refractivity contribution < 1.29 is 17.6 Å². The largest absolute Gasteiger partial charge is 0.440 e. The van der Waals surface area contributed by atoms with Crippen molar-refractivity contribution in [1.82, 2.24) is 9.29 Å². The Bertz CT molecular complexity index is 679. The molecule has 0 aliphatic carbocycles. The Hall–Kier alpha value is -1.99. The molecule has 2 heterocycles. The number of rotatable bonds is 6. The van der Waals surface area contributed by atoms with Gasteiger partial charge >= 0.3 is 0 Å². The van der Waals surface area contributed by atoms with Crippen molar-refractivity contribution in [3.8, 4) is 0 Å². The van der Waals surface area contributed by atoms with Crippen molar-refractivity contribution in [2.75, 3.05) is 6.54 Å². The standard InChI is InChI=1S/C13H14N2O4S/c1-2-15(9-11-5-7-14-8-6-11)20(17,18)13-4-3-12(10-16)19-13/h3-8,10H,2,9H2,1H3. The maximum absolute atomic E-state index is 12.4. The lowest BCUT2D eigenvalue weighted by atomic mass is 10.3. The van der Waals surface area contributed by atoms with E-state index in [2.05, 4.69) is 4.98 Å². The van der Waals surface area contributed by atoms with Gasteiger partial charge in [0.25, 0.3) is 10.0 Å². The molecule has 0 atom stereocenters. The molecule has 0 saturated carbocycles. The second-order valence-electron chi connectivity index (χ2n) is 4.06. The Morgan fingerprint density at radius 2 is 1.95 bits per heavy atom. The summed E-state index contributed by atoms with van der Waals surface area (Å²) in [4.78, 5) is 14.5. The minimum atomic E-state index is -3.75. The highest BCUT2D eigenvalue weighted by atomic mass is 32.2. The van der Waals surface area contributed by atoms with Gasteiger partial charge in [-0.05, 0) is 29.8 Å². The number of hydrogen-bond donors (Lipinski definition) is 0. The average molecular weight is 294 g/mol. The first-order valence-corrected chi connectivity index (χ1v) is 7.46. The SMILES string of the molecule is CCN(Cc1ccncc1)S(=O)(=O)c1ccc(C=O)o1. The van der Waals surface area contributed by atoms with Crippen LogP contribution in [-0.2, 0) is 16.6 Å². The van der Waals surface area contributed by atoms with Crippen LogP contribution in [0, 0.1) is 0 Å². The fourth-order valence-electron chi connectivity index (χ4n) is 1.72. The molecule has 0 aromatic carbocycles. The lowest BCUT2D eigenvalue weighted by Gasteiger charge is -2.18. The Morgan fingerprint density at radius 1 is 1.25 bits per heavy atom. The van der Waals surface area contributed by atoms with Crippen molar-refractivity contribution in [2.45, 2.75) is 18.6 Å². The monoisotopic (exact) mass is 294 g/mol. The summed E-state index contributed by atoms with van der Waals surface area (Å²) in [5.74, 6) is -0.0106. The molecule has 0 spiro atoms. The average Bonchev–Trinajstić information content (AvgIpc) is 2.95. The highest BCUT2D eigenvalue weighted by Crippen LogP contribution is 2.19. The van der Waals surface area contributed by atoms with Gasteiger partial charge in [-0.15, -0.1) is 0 Å². The van der Waals surface area contributed by atoms with E-state index in [1.165, 1.54) is 16.4 Å². The van der Waals surface area contributed by atoms with Gasteiger partial charge in [-0.2, -0.15) is 4.31 Å². The lowest BCUT2D eigenvalue weighted by Crippen LogP contribution is -2.30. The number of sulfonamides is 1. The Balaban J connectivity index is 2.28. The van der Waals surface area contributed by atoms with Crippen LogP contribution in [0.2, 0.25) is 0 Å². The number of aldehydes is 1. The van der Waals surface area contributed by atoms with Gasteiger partial charge in [0.1, 0.15) is 0 Å². The quantitative estimate of drug-likeness (QED) is 0.757.